The van der Waals surface area contributed by atoms with Crippen LogP contribution in [0.5, 0.6) is 0 Å². The Hall–Kier alpha value is -1.80. The number of benzene rings is 2. The summed E-state index contributed by atoms with van der Waals surface area (Å²) in [5.41, 5.74) is 6.47. The summed E-state index contributed by atoms with van der Waals surface area (Å²) in [5, 5.41) is 2.56. The van der Waals surface area contributed by atoms with Gasteiger partial charge in [-0.3, -0.25) is 9.69 Å². The van der Waals surface area contributed by atoms with Gasteiger partial charge in [0.2, 0.25) is 0 Å². The normalized spacial score (nSPS) is 14.1. The Morgan fingerprint density at radius 2 is 1.72 bits per heavy atom. The largest absolute Gasteiger partial charge is 0.416 e. The lowest BCUT2D eigenvalue weighted by atomic mass is 10.1. The molecule has 0 saturated carbocycles. The summed E-state index contributed by atoms with van der Waals surface area (Å²) in [6, 6.07) is 10.5. The van der Waals surface area contributed by atoms with E-state index in [-0.39, 0.29) is 37.0 Å². The second kappa shape index (κ2) is 10.8. The van der Waals surface area contributed by atoms with E-state index in [1.54, 1.807) is 18.2 Å². The number of nitrogens with two attached hydrogens (primary N) is 1. The molecule has 1 heterocycles. The highest BCUT2D eigenvalue weighted by Gasteiger charge is 2.31. The van der Waals surface area contributed by atoms with Crippen LogP contribution in [0.1, 0.15) is 39.9 Å². The van der Waals surface area contributed by atoms with Crippen LogP contribution in [0.4, 0.5) is 18.9 Å². The number of hydrogen-bond donors (Lipinski definition) is 2. The number of nitrogens with one attached hydrogen (secondary N) is 1. The third-order valence-electron chi connectivity index (χ3n) is 4.61. The third kappa shape index (κ3) is 6.89. The number of alkyl halides is 3. The molecule has 1 fully saturated rings. The van der Waals surface area contributed by atoms with Crippen molar-refractivity contribution >= 4 is 36.4 Å². The molecule has 1 aliphatic rings. The first-order valence-electron chi connectivity index (χ1n) is 8.89. The molecule has 0 aliphatic carbocycles. The Bertz CT molecular complexity index is 825. The van der Waals surface area contributed by atoms with Gasteiger partial charge in [-0.1, -0.05) is 12.1 Å². The maximum absolute atomic E-state index is 13.0. The molecule has 1 aliphatic heterocycles. The second-order valence-electron chi connectivity index (χ2n) is 6.76. The number of nitrogens with zero attached hydrogens (tertiary/aromatic N) is 1. The summed E-state index contributed by atoms with van der Waals surface area (Å²) in [7, 11) is 0. The van der Waals surface area contributed by atoms with E-state index < -0.39 is 17.6 Å². The predicted molar refractivity (Wildman–Crippen MR) is 113 cm³/mol. The molecular weight excluding hydrogens is 426 g/mol. The Labute approximate surface area is 180 Å². The van der Waals surface area contributed by atoms with Crippen LogP contribution in [-0.4, -0.2) is 23.9 Å². The standard InChI is InChI=1S/C20H22F3N3O.2ClH/c21-20(22,23)17-9-15(12-24)10-18(11-17)25-19(27)16-5-3-4-14(8-16)13-26-6-1-2-7-26;;/h3-5,8-11H,1-2,6-7,12-13,24H2,(H,25,27);2*1H. The van der Waals surface area contributed by atoms with E-state index in [0.29, 0.717) is 11.1 Å². The Kier molecular flexibility index (Phi) is 9.42. The van der Waals surface area contributed by atoms with Crippen molar-refractivity contribution in [2.45, 2.75) is 32.1 Å². The van der Waals surface area contributed by atoms with Crippen LogP contribution in [-0.2, 0) is 19.3 Å². The minimum absolute atomic E-state index is 0. The van der Waals surface area contributed by atoms with Crippen LogP contribution < -0.4 is 11.1 Å². The number of likely N-dealkylation sites (tertiary alicyclic amines) is 1. The van der Waals surface area contributed by atoms with Crippen LogP contribution >= 0.6 is 24.8 Å². The lowest BCUT2D eigenvalue weighted by Crippen LogP contribution is -2.19. The first-order chi connectivity index (χ1) is 12.8. The molecule has 29 heavy (non-hydrogen) atoms. The predicted octanol–water partition coefficient (Wildman–Crippen LogP) is 4.86. The molecule has 1 saturated heterocycles. The van der Waals surface area contributed by atoms with Crippen molar-refractivity contribution in [2.75, 3.05) is 18.4 Å². The Morgan fingerprint density at radius 3 is 2.34 bits per heavy atom. The van der Waals surface area contributed by atoms with Gasteiger partial charge in [0.1, 0.15) is 0 Å². The van der Waals surface area contributed by atoms with Gasteiger partial charge in [-0.25, -0.2) is 0 Å². The highest BCUT2D eigenvalue weighted by atomic mass is 35.5. The molecule has 3 N–H and O–H groups in total. The van der Waals surface area contributed by atoms with E-state index in [0.717, 1.165) is 37.3 Å². The molecule has 2 aromatic rings. The fourth-order valence-electron chi connectivity index (χ4n) is 3.26. The summed E-state index contributed by atoms with van der Waals surface area (Å²) < 4.78 is 39.1. The van der Waals surface area contributed by atoms with E-state index in [4.69, 9.17) is 5.73 Å². The van der Waals surface area contributed by atoms with Gasteiger partial charge < -0.3 is 11.1 Å². The molecule has 0 atom stereocenters. The average molecular weight is 450 g/mol. The van der Waals surface area contributed by atoms with Gasteiger partial charge in [-0.2, -0.15) is 13.2 Å². The molecule has 0 spiro atoms. The number of anilines is 1. The summed E-state index contributed by atoms with van der Waals surface area (Å²) in [6.07, 6.45) is -2.14. The number of hydrogen-bond acceptors (Lipinski definition) is 3. The van der Waals surface area contributed by atoms with Crippen LogP contribution in [0.3, 0.4) is 0 Å². The van der Waals surface area contributed by atoms with Crippen LogP contribution in [0.15, 0.2) is 42.5 Å². The molecule has 4 nitrogen and oxygen atoms in total. The van der Waals surface area contributed by atoms with Gasteiger partial charge in [0.25, 0.3) is 5.91 Å². The molecule has 1 amide bonds. The minimum Gasteiger partial charge on any atom is -0.326 e. The molecule has 3 rings (SSSR count). The van der Waals surface area contributed by atoms with E-state index in [2.05, 4.69) is 10.2 Å². The zero-order valence-electron chi connectivity index (χ0n) is 15.7. The summed E-state index contributed by atoms with van der Waals surface area (Å²) in [4.78, 5) is 14.8. The summed E-state index contributed by atoms with van der Waals surface area (Å²) in [6.45, 7) is 2.81. The van der Waals surface area contributed by atoms with E-state index in [1.807, 2.05) is 6.07 Å². The van der Waals surface area contributed by atoms with Crippen molar-refractivity contribution < 1.29 is 18.0 Å². The second-order valence-corrected chi connectivity index (χ2v) is 6.76. The Morgan fingerprint density at radius 1 is 1.03 bits per heavy atom. The van der Waals surface area contributed by atoms with Gasteiger partial charge in [-0.15, -0.1) is 24.8 Å². The lowest BCUT2D eigenvalue weighted by Gasteiger charge is -2.15. The summed E-state index contributed by atoms with van der Waals surface area (Å²) >= 11 is 0. The van der Waals surface area contributed by atoms with Gasteiger partial charge in [-0.05, 0) is 67.4 Å². The molecule has 0 aromatic heterocycles. The van der Waals surface area contributed by atoms with Crippen molar-refractivity contribution in [1.82, 2.24) is 4.90 Å². The number of rotatable bonds is 5. The topological polar surface area (TPSA) is 58.4 Å². The van der Waals surface area contributed by atoms with Crippen molar-refractivity contribution in [2.24, 2.45) is 5.73 Å². The number of carbonyl (C=O) groups is 1. The molecular formula is C20H24Cl2F3N3O. The molecule has 0 radical (unpaired) electrons. The van der Waals surface area contributed by atoms with Crippen molar-refractivity contribution in [1.29, 1.82) is 0 Å². The monoisotopic (exact) mass is 449 g/mol. The molecule has 9 heteroatoms. The van der Waals surface area contributed by atoms with Crippen LogP contribution in [0.25, 0.3) is 0 Å². The molecule has 0 unspecified atom stereocenters. The smallest absolute Gasteiger partial charge is 0.326 e. The van der Waals surface area contributed by atoms with Gasteiger partial charge in [0.15, 0.2) is 0 Å². The summed E-state index contributed by atoms with van der Waals surface area (Å²) in [5.74, 6) is -0.444. The van der Waals surface area contributed by atoms with Crippen molar-refractivity contribution in [3.8, 4) is 0 Å². The van der Waals surface area contributed by atoms with Crippen molar-refractivity contribution in [3.63, 3.8) is 0 Å². The maximum Gasteiger partial charge on any atom is 0.416 e. The molecule has 160 valence electrons. The van der Waals surface area contributed by atoms with Gasteiger partial charge >= 0.3 is 6.18 Å². The first kappa shape index (κ1) is 25.2. The zero-order valence-corrected chi connectivity index (χ0v) is 17.3. The number of amides is 1. The zero-order chi connectivity index (χ0) is 19.4. The average Bonchev–Trinajstić information content (AvgIpc) is 3.14. The fourth-order valence-corrected chi connectivity index (χ4v) is 3.26. The molecule has 0 bridgehead atoms. The van der Waals surface area contributed by atoms with Crippen LogP contribution in [0, 0.1) is 0 Å². The highest BCUT2D eigenvalue weighted by molar-refractivity contribution is 6.04. The maximum atomic E-state index is 13.0. The highest BCUT2D eigenvalue weighted by Crippen LogP contribution is 2.32. The van der Waals surface area contributed by atoms with E-state index >= 15 is 0 Å². The minimum atomic E-state index is -4.50. The van der Waals surface area contributed by atoms with E-state index in [1.165, 1.54) is 18.9 Å². The van der Waals surface area contributed by atoms with E-state index in [9.17, 15) is 18.0 Å². The number of halogens is 5. The Balaban J connectivity index is 0.00000210. The van der Waals surface area contributed by atoms with Gasteiger partial charge in [0.05, 0.1) is 5.56 Å². The van der Waals surface area contributed by atoms with Gasteiger partial charge in [0, 0.05) is 24.3 Å². The van der Waals surface area contributed by atoms with Crippen LogP contribution in [0.2, 0.25) is 0 Å². The first-order valence-corrected chi connectivity index (χ1v) is 8.89. The number of carbonyl (C=O) groups excluding carboxylic acids is 1. The molecule has 2 aromatic carbocycles. The fraction of sp³-hybridized carbons (Fsp3) is 0.350. The SMILES string of the molecule is Cl.Cl.NCc1cc(NC(=O)c2cccc(CN3CCCC3)c2)cc(C(F)(F)F)c1. The lowest BCUT2D eigenvalue weighted by molar-refractivity contribution is -0.137. The third-order valence-corrected chi connectivity index (χ3v) is 4.61. The van der Waals surface area contributed by atoms with Crippen molar-refractivity contribution in [3.05, 3.63) is 64.7 Å². The quantitative estimate of drug-likeness (QED) is 0.685.